The van der Waals surface area contributed by atoms with Gasteiger partial charge in [0.05, 0.1) is 46.8 Å². The Morgan fingerprint density at radius 2 is 1.15 bits per heavy atom. The Kier molecular flexibility index (Phi) is 10.3. The molecule has 2 atom stereocenters. The largest absolute Gasteiger partial charge is 0.395 e. The van der Waals surface area contributed by atoms with Gasteiger partial charge in [0.2, 0.25) is 0 Å². The molecule has 0 heterocycles. The first kappa shape index (κ1) is 26.3. The van der Waals surface area contributed by atoms with Gasteiger partial charge in [0.15, 0.2) is 0 Å². The third-order valence-corrected chi connectivity index (χ3v) is 6.19. The van der Waals surface area contributed by atoms with Crippen LogP contribution in [0.3, 0.4) is 0 Å². The number of rotatable bonds is 14. The zero-order chi connectivity index (χ0) is 24.4. The highest BCUT2D eigenvalue weighted by Crippen LogP contribution is 2.43. The lowest BCUT2D eigenvalue weighted by atomic mass is 10.1. The Hall–Kier alpha value is -2.97. The van der Waals surface area contributed by atoms with Crippen molar-refractivity contribution >= 4 is 34.5 Å². The van der Waals surface area contributed by atoms with Crippen LogP contribution in [0, 0.1) is 20.2 Å². The van der Waals surface area contributed by atoms with E-state index in [2.05, 4.69) is 10.6 Å². The van der Waals surface area contributed by atoms with Crippen LogP contribution >= 0.6 is 11.8 Å². The molecule has 6 N–H and O–H groups in total. The maximum atomic E-state index is 11.3. The SMILES string of the molecule is O=[N+]([O-])c1ccc(C(CO)SC(CO)c2ccc([N+](=O)[O-])c(NCCO)c2)cc1NCCO. The van der Waals surface area contributed by atoms with Crippen molar-refractivity contribution in [3.8, 4) is 0 Å². The van der Waals surface area contributed by atoms with E-state index in [1.165, 1.54) is 48.2 Å². The highest BCUT2D eigenvalue weighted by Gasteiger charge is 2.24. The Morgan fingerprint density at radius 3 is 1.45 bits per heavy atom. The fourth-order valence-electron chi connectivity index (χ4n) is 3.14. The minimum atomic E-state index is -0.568. The molecule has 12 nitrogen and oxygen atoms in total. The van der Waals surface area contributed by atoms with Gasteiger partial charge < -0.3 is 31.1 Å². The number of aliphatic hydroxyl groups is 4. The first-order valence-electron chi connectivity index (χ1n) is 9.99. The number of thioether (sulfide) groups is 1. The molecule has 2 unspecified atom stereocenters. The Bertz CT molecular complexity index is 886. The summed E-state index contributed by atoms with van der Waals surface area (Å²) in [6, 6.07) is 8.65. The van der Waals surface area contributed by atoms with Gasteiger partial charge >= 0.3 is 0 Å². The van der Waals surface area contributed by atoms with E-state index < -0.39 is 20.3 Å². The van der Waals surface area contributed by atoms with Crippen molar-refractivity contribution in [1.82, 2.24) is 0 Å². The van der Waals surface area contributed by atoms with Crippen LogP contribution in [0.2, 0.25) is 0 Å². The van der Waals surface area contributed by atoms with Crippen molar-refractivity contribution in [3.63, 3.8) is 0 Å². The van der Waals surface area contributed by atoms with Gasteiger partial charge in [-0.3, -0.25) is 20.2 Å². The number of nitro groups is 2. The average molecular weight is 483 g/mol. The summed E-state index contributed by atoms with van der Waals surface area (Å²) in [6.45, 7) is -0.903. The van der Waals surface area contributed by atoms with Gasteiger partial charge in [-0.05, 0) is 23.3 Å². The molecule has 0 spiro atoms. The lowest BCUT2D eigenvalue weighted by molar-refractivity contribution is -0.384. The summed E-state index contributed by atoms with van der Waals surface area (Å²) in [5.41, 5.74) is 1.15. The second-order valence-corrected chi connectivity index (χ2v) is 8.26. The lowest BCUT2D eigenvalue weighted by Crippen LogP contribution is -2.11. The van der Waals surface area contributed by atoms with Crippen LogP contribution in [0.15, 0.2) is 36.4 Å². The number of benzene rings is 2. The molecule has 0 aliphatic carbocycles. The predicted octanol–water partition coefficient (Wildman–Crippen LogP) is 1.81. The van der Waals surface area contributed by atoms with Crippen LogP contribution < -0.4 is 10.6 Å². The summed E-state index contributed by atoms with van der Waals surface area (Å²) < 4.78 is 0. The molecule has 0 radical (unpaired) electrons. The molecule has 0 aliphatic rings. The molecule has 0 saturated carbocycles. The number of nitro benzene ring substituents is 2. The summed E-state index contributed by atoms with van der Waals surface area (Å²) in [6.07, 6.45) is 0. The fraction of sp³-hybridized carbons (Fsp3) is 0.400. The minimum Gasteiger partial charge on any atom is -0.395 e. The Balaban J connectivity index is 2.34. The summed E-state index contributed by atoms with van der Waals surface area (Å²) in [7, 11) is 0. The monoisotopic (exact) mass is 482 g/mol. The van der Waals surface area contributed by atoms with E-state index in [1.54, 1.807) is 0 Å². The number of nitrogens with zero attached hydrogens (tertiary/aromatic N) is 2. The maximum Gasteiger partial charge on any atom is 0.292 e. The molecule has 2 rings (SSSR count). The van der Waals surface area contributed by atoms with Crippen LogP contribution in [0.25, 0.3) is 0 Å². The zero-order valence-electron chi connectivity index (χ0n) is 17.6. The van der Waals surface area contributed by atoms with Crippen molar-refractivity contribution < 1.29 is 30.3 Å². The molecule has 0 fully saturated rings. The normalized spacial score (nSPS) is 12.7. The minimum absolute atomic E-state index is 0.104. The quantitative estimate of drug-likeness (QED) is 0.170. The van der Waals surface area contributed by atoms with Gasteiger partial charge in [0, 0.05) is 25.2 Å². The fourth-order valence-corrected chi connectivity index (χ4v) is 4.32. The van der Waals surface area contributed by atoms with Gasteiger partial charge in [0.1, 0.15) is 11.4 Å². The lowest BCUT2D eigenvalue weighted by Gasteiger charge is -2.22. The van der Waals surface area contributed by atoms with E-state index in [1.807, 2.05) is 0 Å². The van der Waals surface area contributed by atoms with Gasteiger partial charge in [-0.2, -0.15) is 0 Å². The van der Waals surface area contributed by atoms with Gasteiger partial charge in [0.25, 0.3) is 11.4 Å². The molecular formula is C20H26N4O8S. The molecule has 33 heavy (non-hydrogen) atoms. The second-order valence-electron chi connectivity index (χ2n) is 6.85. The molecule has 0 saturated heterocycles. The first-order chi connectivity index (χ1) is 15.9. The molecule has 0 amide bonds. The summed E-state index contributed by atoms with van der Waals surface area (Å²) >= 11 is 1.20. The van der Waals surface area contributed by atoms with E-state index >= 15 is 0 Å². The van der Waals surface area contributed by atoms with Gasteiger partial charge in [-0.15, -0.1) is 11.8 Å². The number of anilines is 2. The topological polar surface area (TPSA) is 191 Å². The Labute approximate surface area is 193 Å². The van der Waals surface area contributed by atoms with Crippen LogP contribution in [-0.2, 0) is 0 Å². The average Bonchev–Trinajstić information content (AvgIpc) is 2.81. The van der Waals surface area contributed by atoms with Crippen LogP contribution in [0.5, 0.6) is 0 Å². The number of nitrogens with one attached hydrogen (secondary N) is 2. The van der Waals surface area contributed by atoms with Crippen molar-refractivity contribution in [2.24, 2.45) is 0 Å². The predicted molar refractivity (Wildman–Crippen MR) is 125 cm³/mol. The molecule has 13 heteroatoms. The summed E-state index contributed by atoms with van der Waals surface area (Å²) in [5.74, 6) is 0. The van der Waals surface area contributed by atoms with Crippen molar-refractivity contribution in [3.05, 3.63) is 67.8 Å². The molecular weight excluding hydrogens is 456 g/mol. The van der Waals surface area contributed by atoms with Crippen LogP contribution in [-0.4, -0.2) is 69.8 Å². The van der Waals surface area contributed by atoms with E-state index in [9.17, 15) is 30.4 Å². The summed E-state index contributed by atoms with van der Waals surface area (Å²) in [4.78, 5) is 21.4. The number of hydrogen-bond donors (Lipinski definition) is 6. The molecule has 0 aromatic heterocycles. The third kappa shape index (κ3) is 7.00. The van der Waals surface area contributed by atoms with Crippen molar-refractivity contribution in [2.45, 2.75) is 10.5 Å². The zero-order valence-corrected chi connectivity index (χ0v) is 18.4. The van der Waals surface area contributed by atoms with E-state index in [-0.39, 0.29) is 62.3 Å². The maximum absolute atomic E-state index is 11.3. The smallest absolute Gasteiger partial charge is 0.292 e. The van der Waals surface area contributed by atoms with Crippen molar-refractivity contribution in [1.29, 1.82) is 0 Å². The first-order valence-corrected chi connectivity index (χ1v) is 10.9. The molecule has 2 aromatic rings. The second kappa shape index (κ2) is 12.9. The van der Waals surface area contributed by atoms with E-state index in [0.29, 0.717) is 11.1 Å². The molecule has 0 bridgehead atoms. The van der Waals surface area contributed by atoms with Gasteiger partial charge in [-0.25, -0.2) is 0 Å². The highest BCUT2D eigenvalue weighted by atomic mass is 32.2. The number of hydrogen-bond acceptors (Lipinski definition) is 11. The number of aliphatic hydroxyl groups excluding tert-OH is 4. The van der Waals surface area contributed by atoms with E-state index in [4.69, 9.17) is 10.2 Å². The highest BCUT2D eigenvalue weighted by molar-refractivity contribution is 7.99. The third-order valence-electron chi connectivity index (χ3n) is 4.69. The summed E-state index contributed by atoms with van der Waals surface area (Å²) in [5, 5.41) is 65.0. The molecule has 2 aromatic carbocycles. The van der Waals surface area contributed by atoms with Gasteiger partial charge in [-0.1, -0.05) is 12.1 Å². The molecule has 0 aliphatic heterocycles. The van der Waals surface area contributed by atoms with Crippen LogP contribution in [0.1, 0.15) is 21.6 Å². The van der Waals surface area contributed by atoms with E-state index in [0.717, 1.165) is 0 Å². The standard InChI is InChI=1S/C20H26N4O8S/c25-7-5-21-15-9-13(1-3-17(15)23(29)30)19(11-27)33-20(12-28)14-2-4-18(24(31)32)16(10-14)22-6-8-26/h1-4,9-10,19-22,25-28H,5-8,11-12H2. The Morgan fingerprint density at radius 1 is 0.758 bits per heavy atom. The van der Waals surface area contributed by atoms with Crippen LogP contribution in [0.4, 0.5) is 22.7 Å². The molecule has 180 valence electrons. The van der Waals surface area contributed by atoms with Crippen molar-refractivity contribution in [2.75, 3.05) is 50.2 Å².